The standard InChI is InChI=1S/C10H6BrClFN3/c11-6-2-1-5(10(13)9(6)12)7-3-4-8(14)16-15-7/h1-4H,(H2,14,16). The molecule has 2 N–H and O–H groups in total. The Bertz CT molecular complexity index is 530. The third kappa shape index (κ3) is 2.01. The Hall–Kier alpha value is -1.20. The molecule has 1 heterocycles. The number of nitrogens with two attached hydrogens (primary N) is 1. The second-order valence-corrected chi connectivity index (χ2v) is 4.30. The van der Waals surface area contributed by atoms with Crippen molar-refractivity contribution in [3.8, 4) is 11.3 Å². The molecule has 6 heteroatoms. The summed E-state index contributed by atoms with van der Waals surface area (Å²) in [7, 11) is 0. The lowest BCUT2D eigenvalue weighted by atomic mass is 10.1. The summed E-state index contributed by atoms with van der Waals surface area (Å²) < 4.78 is 14.3. The van der Waals surface area contributed by atoms with Gasteiger partial charge < -0.3 is 5.73 Å². The second kappa shape index (κ2) is 4.35. The van der Waals surface area contributed by atoms with E-state index >= 15 is 0 Å². The molecular formula is C10H6BrClFN3. The molecule has 0 saturated carbocycles. The van der Waals surface area contributed by atoms with Crippen molar-refractivity contribution in [2.45, 2.75) is 0 Å². The molecular weight excluding hydrogens is 296 g/mol. The van der Waals surface area contributed by atoms with Crippen molar-refractivity contribution < 1.29 is 4.39 Å². The second-order valence-electron chi connectivity index (χ2n) is 3.07. The highest BCUT2D eigenvalue weighted by atomic mass is 79.9. The molecule has 2 aromatic rings. The fourth-order valence-corrected chi connectivity index (χ4v) is 1.68. The first-order chi connectivity index (χ1) is 7.59. The van der Waals surface area contributed by atoms with Gasteiger partial charge in [0.05, 0.1) is 10.7 Å². The van der Waals surface area contributed by atoms with Crippen molar-refractivity contribution >= 4 is 33.3 Å². The molecule has 16 heavy (non-hydrogen) atoms. The van der Waals surface area contributed by atoms with Gasteiger partial charge >= 0.3 is 0 Å². The van der Waals surface area contributed by atoms with Gasteiger partial charge in [-0.2, -0.15) is 0 Å². The first-order valence-electron chi connectivity index (χ1n) is 4.32. The summed E-state index contributed by atoms with van der Waals surface area (Å²) in [6.07, 6.45) is 0. The maximum atomic E-state index is 13.8. The SMILES string of the molecule is Nc1ccc(-c2ccc(Br)c(Cl)c2F)nn1. The van der Waals surface area contributed by atoms with Crippen LogP contribution in [-0.2, 0) is 0 Å². The van der Waals surface area contributed by atoms with Crippen LogP contribution in [0.2, 0.25) is 5.02 Å². The first-order valence-corrected chi connectivity index (χ1v) is 5.50. The highest BCUT2D eigenvalue weighted by molar-refractivity contribution is 9.10. The maximum absolute atomic E-state index is 13.8. The molecule has 0 aliphatic heterocycles. The third-order valence-electron chi connectivity index (χ3n) is 2.00. The van der Waals surface area contributed by atoms with Gasteiger partial charge in [-0.05, 0) is 40.2 Å². The average Bonchev–Trinajstić information content (AvgIpc) is 2.28. The van der Waals surface area contributed by atoms with Gasteiger partial charge in [-0.3, -0.25) is 0 Å². The molecule has 0 aliphatic rings. The number of rotatable bonds is 1. The first kappa shape index (κ1) is 11.3. The molecule has 0 amide bonds. The van der Waals surface area contributed by atoms with Crippen LogP contribution in [0.3, 0.4) is 0 Å². The Balaban J connectivity index is 2.57. The zero-order chi connectivity index (χ0) is 11.7. The molecule has 82 valence electrons. The van der Waals surface area contributed by atoms with E-state index in [-0.39, 0.29) is 10.8 Å². The quantitative estimate of drug-likeness (QED) is 0.823. The summed E-state index contributed by atoms with van der Waals surface area (Å²) in [6, 6.07) is 6.37. The Labute approximate surface area is 105 Å². The number of aromatic nitrogens is 2. The van der Waals surface area contributed by atoms with Crippen molar-refractivity contribution in [2.75, 3.05) is 5.73 Å². The number of hydrogen-bond acceptors (Lipinski definition) is 3. The minimum absolute atomic E-state index is 0.0242. The Kier molecular flexibility index (Phi) is 3.07. The van der Waals surface area contributed by atoms with Crippen molar-refractivity contribution in [2.24, 2.45) is 0 Å². The Morgan fingerprint density at radius 3 is 2.56 bits per heavy atom. The molecule has 0 fully saturated rings. The van der Waals surface area contributed by atoms with Crippen LogP contribution >= 0.6 is 27.5 Å². The third-order valence-corrected chi connectivity index (χ3v) is 3.25. The predicted octanol–water partition coefficient (Wildman–Crippen LogP) is 3.28. The van der Waals surface area contributed by atoms with Gasteiger partial charge in [0, 0.05) is 10.0 Å². The average molecular weight is 303 g/mol. The number of benzene rings is 1. The zero-order valence-electron chi connectivity index (χ0n) is 7.92. The number of halogens is 3. The lowest BCUT2D eigenvalue weighted by Crippen LogP contribution is -1.95. The van der Waals surface area contributed by atoms with Crippen LogP contribution in [0, 0.1) is 5.82 Å². The van der Waals surface area contributed by atoms with Crippen LogP contribution < -0.4 is 5.73 Å². The van der Waals surface area contributed by atoms with E-state index in [4.69, 9.17) is 17.3 Å². The van der Waals surface area contributed by atoms with E-state index in [0.717, 1.165) is 0 Å². The molecule has 3 nitrogen and oxygen atoms in total. The van der Waals surface area contributed by atoms with E-state index in [1.165, 1.54) is 0 Å². The smallest absolute Gasteiger partial charge is 0.152 e. The molecule has 0 spiro atoms. The topological polar surface area (TPSA) is 51.8 Å². The molecule has 0 aliphatic carbocycles. The summed E-state index contributed by atoms with van der Waals surface area (Å²) in [6.45, 7) is 0. The number of nitrogens with zero attached hydrogens (tertiary/aromatic N) is 2. The van der Waals surface area contributed by atoms with E-state index in [0.29, 0.717) is 15.7 Å². The largest absolute Gasteiger partial charge is 0.382 e. The lowest BCUT2D eigenvalue weighted by molar-refractivity contribution is 0.630. The fourth-order valence-electron chi connectivity index (χ4n) is 1.21. The molecule has 0 bridgehead atoms. The summed E-state index contributed by atoms with van der Waals surface area (Å²) in [4.78, 5) is 0. The van der Waals surface area contributed by atoms with Crippen LogP contribution in [0.25, 0.3) is 11.3 Å². The summed E-state index contributed by atoms with van der Waals surface area (Å²) in [5.41, 5.74) is 6.08. The number of anilines is 1. The van der Waals surface area contributed by atoms with Crippen molar-refractivity contribution in [3.63, 3.8) is 0 Å². The van der Waals surface area contributed by atoms with E-state index in [1.807, 2.05) is 0 Å². The van der Waals surface area contributed by atoms with Crippen LogP contribution in [0.4, 0.5) is 10.2 Å². The van der Waals surface area contributed by atoms with E-state index in [1.54, 1.807) is 24.3 Å². The van der Waals surface area contributed by atoms with Crippen molar-refractivity contribution in [1.29, 1.82) is 0 Å². The lowest BCUT2D eigenvalue weighted by Gasteiger charge is -2.04. The zero-order valence-corrected chi connectivity index (χ0v) is 10.3. The van der Waals surface area contributed by atoms with Crippen LogP contribution in [-0.4, -0.2) is 10.2 Å². The van der Waals surface area contributed by atoms with Gasteiger partial charge in [-0.1, -0.05) is 11.6 Å². The highest BCUT2D eigenvalue weighted by Crippen LogP contribution is 2.31. The van der Waals surface area contributed by atoms with Gasteiger partial charge in [0.1, 0.15) is 5.82 Å². The van der Waals surface area contributed by atoms with Crippen LogP contribution in [0.1, 0.15) is 0 Å². The van der Waals surface area contributed by atoms with Crippen LogP contribution in [0.15, 0.2) is 28.7 Å². The Morgan fingerprint density at radius 2 is 1.94 bits per heavy atom. The summed E-state index contributed by atoms with van der Waals surface area (Å²) in [5.74, 6) is -0.248. The minimum atomic E-state index is -0.532. The van der Waals surface area contributed by atoms with Gasteiger partial charge in [0.25, 0.3) is 0 Å². The van der Waals surface area contributed by atoms with Gasteiger partial charge in [-0.15, -0.1) is 10.2 Å². The molecule has 1 aromatic heterocycles. The van der Waals surface area contributed by atoms with Gasteiger partial charge in [-0.25, -0.2) is 4.39 Å². The highest BCUT2D eigenvalue weighted by Gasteiger charge is 2.12. The van der Waals surface area contributed by atoms with E-state index < -0.39 is 5.82 Å². The molecule has 0 saturated heterocycles. The Morgan fingerprint density at radius 1 is 1.19 bits per heavy atom. The predicted molar refractivity (Wildman–Crippen MR) is 64.5 cm³/mol. The summed E-state index contributed by atoms with van der Waals surface area (Å²) >= 11 is 8.91. The number of hydrogen-bond donors (Lipinski definition) is 1. The monoisotopic (exact) mass is 301 g/mol. The molecule has 0 unspecified atom stereocenters. The van der Waals surface area contributed by atoms with Gasteiger partial charge in [0.2, 0.25) is 0 Å². The minimum Gasteiger partial charge on any atom is -0.382 e. The maximum Gasteiger partial charge on any atom is 0.152 e. The van der Waals surface area contributed by atoms with Crippen molar-refractivity contribution in [3.05, 3.63) is 39.6 Å². The van der Waals surface area contributed by atoms with Crippen molar-refractivity contribution in [1.82, 2.24) is 10.2 Å². The molecule has 0 atom stereocenters. The van der Waals surface area contributed by atoms with E-state index in [2.05, 4.69) is 26.1 Å². The summed E-state index contributed by atoms with van der Waals surface area (Å²) in [5, 5.41) is 7.47. The fraction of sp³-hybridized carbons (Fsp3) is 0. The molecule has 1 aromatic carbocycles. The van der Waals surface area contributed by atoms with Crippen LogP contribution in [0.5, 0.6) is 0 Å². The van der Waals surface area contributed by atoms with Gasteiger partial charge in [0.15, 0.2) is 5.82 Å². The molecule has 2 rings (SSSR count). The number of nitrogen functional groups attached to an aromatic ring is 1. The van der Waals surface area contributed by atoms with E-state index in [9.17, 15) is 4.39 Å². The molecule has 0 radical (unpaired) electrons. The normalized spacial score (nSPS) is 10.4.